The number of aromatic hydroxyl groups is 1. The topological polar surface area (TPSA) is 49.3 Å². The summed E-state index contributed by atoms with van der Waals surface area (Å²) in [5, 5.41) is 9.51. The second-order valence-electron chi connectivity index (χ2n) is 6.30. The molecule has 1 aromatic rings. The van der Waals surface area contributed by atoms with Crippen molar-refractivity contribution in [2.75, 3.05) is 0 Å². The lowest BCUT2D eigenvalue weighted by molar-refractivity contribution is 0.430. The molecule has 0 radical (unpaired) electrons. The van der Waals surface area contributed by atoms with Crippen LogP contribution < -0.4 is 4.72 Å². The number of halogens is 1. The third kappa shape index (κ3) is 3.38. The highest BCUT2D eigenvalue weighted by molar-refractivity contribution is 7.84. The number of hydrogen-bond donors (Lipinski definition) is 2. The number of fused-ring (bicyclic) bond motifs is 1. The summed E-state index contributed by atoms with van der Waals surface area (Å²) in [6, 6.07) is 2.76. The van der Waals surface area contributed by atoms with Gasteiger partial charge in [0, 0.05) is 6.04 Å². The van der Waals surface area contributed by atoms with Gasteiger partial charge in [0.1, 0.15) is 0 Å². The fourth-order valence-corrected chi connectivity index (χ4v) is 3.27. The predicted molar refractivity (Wildman–Crippen MR) is 79.4 cm³/mol. The molecule has 2 atom stereocenters. The molecule has 0 spiro atoms. The van der Waals surface area contributed by atoms with Gasteiger partial charge in [0.2, 0.25) is 0 Å². The Labute approximate surface area is 122 Å². The highest BCUT2D eigenvalue weighted by Crippen LogP contribution is 2.33. The second kappa shape index (κ2) is 5.82. The smallest absolute Gasteiger partial charge is 0.165 e. The zero-order chi connectivity index (χ0) is 14.9. The van der Waals surface area contributed by atoms with Crippen molar-refractivity contribution in [3.63, 3.8) is 0 Å². The lowest BCUT2D eigenvalue weighted by atomic mass is 9.99. The number of benzene rings is 1. The van der Waals surface area contributed by atoms with Crippen molar-refractivity contribution in [1.82, 2.24) is 4.72 Å². The molecule has 0 unspecified atom stereocenters. The van der Waals surface area contributed by atoms with Crippen LogP contribution >= 0.6 is 0 Å². The average Bonchev–Trinajstić information content (AvgIpc) is 2.52. The molecule has 3 nitrogen and oxygen atoms in total. The van der Waals surface area contributed by atoms with Crippen molar-refractivity contribution in [3.05, 3.63) is 29.1 Å². The molecule has 0 aromatic heterocycles. The van der Waals surface area contributed by atoms with Crippen molar-refractivity contribution in [2.45, 2.75) is 57.2 Å². The summed E-state index contributed by atoms with van der Waals surface area (Å²) in [5.41, 5.74) is 1.78. The summed E-state index contributed by atoms with van der Waals surface area (Å²) in [4.78, 5) is 0. The highest BCUT2D eigenvalue weighted by atomic mass is 32.2. The first-order valence-electron chi connectivity index (χ1n) is 6.98. The fraction of sp³-hybridized carbons (Fsp3) is 0.600. The van der Waals surface area contributed by atoms with Crippen LogP contribution in [0.2, 0.25) is 0 Å². The molecule has 0 aliphatic heterocycles. The van der Waals surface area contributed by atoms with Crippen LogP contribution in [-0.2, 0) is 17.4 Å². The quantitative estimate of drug-likeness (QED) is 0.823. The summed E-state index contributed by atoms with van der Waals surface area (Å²) in [7, 11) is -1.20. The van der Waals surface area contributed by atoms with E-state index in [9.17, 15) is 13.7 Å². The number of phenolic OH excluding ortho intramolecular Hbond substituents is 1. The van der Waals surface area contributed by atoms with Crippen LogP contribution in [0.5, 0.6) is 5.75 Å². The van der Waals surface area contributed by atoms with Gasteiger partial charge < -0.3 is 5.11 Å². The van der Waals surface area contributed by atoms with E-state index in [1.165, 1.54) is 12.1 Å². The molecule has 2 rings (SSSR count). The lowest BCUT2D eigenvalue weighted by Crippen LogP contribution is -2.35. The molecular weight excluding hydrogens is 277 g/mol. The fourth-order valence-electron chi connectivity index (χ4n) is 2.41. The van der Waals surface area contributed by atoms with Gasteiger partial charge >= 0.3 is 0 Å². The molecule has 1 aliphatic carbocycles. The first-order chi connectivity index (χ1) is 9.29. The first-order valence-corrected chi connectivity index (χ1v) is 8.13. The summed E-state index contributed by atoms with van der Waals surface area (Å²) in [6.45, 7) is 5.72. The van der Waals surface area contributed by atoms with Crippen LogP contribution in [-0.4, -0.2) is 14.1 Å². The zero-order valence-electron chi connectivity index (χ0n) is 12.2. The number of rotatable bonds is 2. The molecule has 0 bridgehead atoms. The van der Waals surface area contributed by atoms with E-state index in [0.29, 0.717) is 0 Å². The molecule has 0 heterocycles. The van der Waals surface area contributed by atoms with E-state index in [1.54, 1.807) is 0 Å². The Bertz CT molecular complexity index is 525. The average molecular weight is 299 g/mol. The van der Waals surface area contributed by atoms with Crippen LogP contribution in [0.25, 0.3) is 0 Å². The SMILES string of the molecule is CC(C)(C)[S@@](=O)N[C@@H]1CCCCc2cc(O)c(F)cc21. The summed E-state index contributed by atoms with van der Waals surface area (Å²) in [5.74, 6) is -0.916. The van der Waals surface area contributed by atoms with Gasteiger partial charge in [-0.3, -0.25) is 0 Å². The Balaban J connectivity index is 2.32. The predicted octanol–water partition coefficient (Wildman–Crippen LogP) is 3.35. The molecule has 1 aliphatic rings. The Morgan fingerprint density at radius 3 is 2.70 bits per heavy atom. The van der Waals surface area contributed by atoms with Gasteiger partial charge in [-0.25, -0.2) is 13.3 Å². The van der Waals surface area contributed by atoms with Crippen LogP contribution in [0.3, 0.4) is 0 Å². The molecule has 112 valence electrons. The van der Waals surface area contributed by atoms with Gasteiger partial charge in [0.05, 0.1) is 15.7 Å². The van der Waals surface area contributed by atoms with E-state index in [1.807, 2.05) is 20.8 Å². The summed E-state index contributed by atoms with van der Waals surface area (Å²) < 4.78 is 28.7. The normalized spacial score (nSPS) is 21.1. The number of hydrogen-bond acceptors (Lipinski definition) is 2. The maximum absolute atomic E-state index is 13.6. The Hall–Kier alpha value is -0.940. The van der Waals surface area contributed by atoms with Crippen molar-refractivity contribution in [1.29, 1.82) is 0 Å². The van der Waals surface area contributed by atoms with Gasteiger partial charge in [0.15, 0.2) is 11.6 Å². The largest absolute Gasteiger partial charge is 0.505 e. The van der Waals surface area contributed by atoms with E-state index in [4.69, 9.17) is 0 Å². The molecule has 5 heteroatoms. The molecule has 0 saturated carbocycles. The minimum atomic E-state index is -1.20. The Morgan fingerprint density at radius 1 is 1.35 bits per heavy atom. The molecule has 0 amide bonds. The number of nitrogens with one attached hydrogen (secondary N) is 1. The summed E-state index contributed by atoms with van der Waals surface area (Å²) >= 11 is 0. The zero-order valence-corrected chi connectivity index (χ0v) is 13.0. The monoisotopic (exact) mass is 299 g/mol. The molecule has 0 fully saturated rings. The lowest BCUT2D eigenvalue weighted by Gasteiger charge is -2.25. The van der Waals surface area contributed by atoms with Crippen molar-refractivity contribution >= 4 is 11.0 Å². The van der Waals surface area contributed by atoms with Gasteiger partial charge in [-0.2, -0.15) is 0 Å². The standard InChI is InChI=1S/C15H22FNO2S/c1-15(2,3)20(19)17-13-7-5-4-6-10-8-14(18)12(16)9-11(10)13/h8-9,13,17-18H,4-7H2,1-3H3/t13-,20-/m1/s1. The van der Waals surface area contributed by atoms with Crippen molar-refractivity contribution in [3.8, 4) is 5.75 Å². The summed E-state index contributed by atoms with van der Waals surface area (Å²) in [6.07, 6.45) is 3.65. The van der Waals surface area contributed by atoms with Crippen LogP contribution in [0.15, 0.2) is 12.1 Å². The molecule has 0 saturated heterocycles. The van der Waals surface area contributed by atoms with E-state index in [2.05, 4.69) is 4.72 Å². The van der Waals surface area contributed by atoms with Crippen LogP contribution in [0.4, 0.5) is 4.39 Å². The van der Waals surface area contributed by atoms with Gasteiger partial charge in [0.25, 0.3) is 0 Å². The van der Waals surface area contributed by atoms with Gasteiger partial charge in [-0.05, 0) is 63.3 Å². The minimum absolute atomic E-state index is 0.123. The first kappa shape index (κ1) is 15.4. The van der Waals surface area contributed by atoms with E-state index < -0.39 is 16.8 Å². The molecule has 20 heavy (non-hydrogen) atoms. The van der Waals surface area contributed by atoms with Crippen molar-refractivity contribution < 1.29 is 13.7 Å². The molecule has 2 N–H and O–H groups in total. The third-order valence-corrected chi connectivity index (χ3v) is 5.19. The van der Waals surface area contributed by atoms with Gasteiger partial charge in [-0.1, -0.05) is 6.42 Å². The maximum Gasteiger partial charge on any atom is 0.165 e. The van der Waals surface area contributed by atoms with Crippen molar-refractivity contribution in [2.24, 2.45) is 0 Å². The van der Waals surface area contributed by atoms with E-state index in [0.717, 1.165) is 36.8 Å². The molecule has 1 aromatic carbocycles. The Morgan fingerprint density at radius 2 is 2.05 bits per heavy atom. The highest BCUT2D eigenvalue weighted by Gasteiger charge is 2.26. The van der Waals surface area contributed by atoms with E-state index >= 15 is 0 Å². The molecular formula is C15H22FNO2S. The maximum atomic E-state index is 13.6. The van der Waals surface area contributed by atoms with Gasteiger partial charge in [-0.15, -0.1) is 0 Å². The number of aryl methyl sites for hydroxylation is 1. The second-order valence-corrected chi connectivity index (χ2v) is 8.30. The number of phenols is 1. The van der Waals surface area contributed by atoms with E-state index in [-0.39, 0.29) is 16.5 Å². The minimum Gasteiger partial charge on any atom is -0.505 e. The van der Waals surface area contributed by atoms with Crippen LogP contribution in [0, 0.1) is 5.82 Å². The third-order valence-electron chi connectivity index (χ3n) is 3.58. The Kier molecular flexibility index (Phi) is 4.49. The van der Waals surface area contributed by atoms with Crippen LogP contribution in [0.1, 0.15) is 57.2 Å².